The summed E-state index contributed by atoms with van der Waals surface area (Å²) in [6.07, 6.45) is 0. The first-order chi connectivity index (χ1) is 6.18. The molecule has 0 aromatic carbocycles. The van der Waals surface area contributed by atoms with Gasteiger partial charge in [-0.3, -0.25) is 4.79 Å². The van der Waals surface area contributed by atoms with Crippen LogP contribution in [0.1, 0.15) is 13.8 Å². The molecule has 0 aliphatic rings. The van der Waals surface area contributed by atoms with Gasteiger partial charge in [0.1, 0.15) is 0 Å². The number of amides is 1. The normalized spacial score (nSPS) is 10.1. The van der Waals surface area contributed by atoms with Crippen molar-refractivity contribution in [3.63, 3.8) is 0 Å². The second-order valence-corrected chi connectivity index (χ2v) is 3.05. The Balaban J connectivity index is 3.16. The molecule has 0 atom stereocenters. The number of carbonyl (C=O) groups is 1. The van der Waals surface area contributed by atoms with E-state index in [1.807, 2.05) is 13.8 Å². The van der Waals surface area contributed by atoms with Crippen molar-refractivity contribution in [3.8, 4) is 0 Å². The first-order valence-corrected chi connectivity index (χ1v) is 4.46. The highest BCUT2D eigenvalue weighted by Gasteiger charge is 2.03. The Hall–Kier alpha value is -0.970. The van der Waals surface area contributed by atoms with Gasteiger partial charge < -0.3 is 10.6 Å². The van der Waals surface area contributed by atoms with Crippen molar-refractivity contribution < 1.29 is 4.79 Å². The summed E-state index contributed by atoms with van der Waals surface area (Å²) >= 11 is 0. The van der Waals surface area contributed by atoms with Crippen LogP contribution < -0.4 is 10.6 Å². The van der Waals surface area contributed by atoms with Crippen molar-refractivity contribution in [2.24, 2.45) is 11.1 Å². The van der Waals surface area contributed by atoms with Crippen LogP contribution in [0.4, 0.5) is 0 Å². The molecule has 0 unspecified atom stereocenters. The van der Waals surface area contributed by atoms with Crippen LogP contribution in [0.25, 0.3) is 0 Å². The van der Waals surface area contributed by atoms with Crippen LogP contribution in [0.15, 0.2) is 5.18 Å². The predicted octanol–water partition coefficient (Wildman–Crippen LogP) is 0.115. The van der Waals surface area contributed by atoms with Crippen LogP contribution >= 0.6 is 0 Å². The molecule has 0 bridgehead atoms. The van der Waals surface area contributed by atoms with Crippen molar-refractivity contribution in [2.75, 3.05) is 26.2 Å². The minimum absolute atomic E-state index is 0.0247. The van der Waals surface area contributed by atoms with Crippen molar-refractivity contribution in [2.45, 2.75) is 13.8 Å². The molecule has 0 rings (SSSR count). The highest BCUT2D eigenvalue weighted by atomic mass is 16.3. The second kappa shape index (κ2) is 7.67. The van der Waals surface area contributed by atoms with Gasteiger partial charge in [0.2, 0.25) is 5.91 Å². The van der Waals surface area contributed by atoms with Crippen LogP contribution in [-0.4, -0.2) is 32.1 Å². The lowest BCUT2D eigenvalue weighted by molar-refractivity contribution is -0.123. The quantitative estimate of drug-likeness (QED) is 0.439. The lowest BCUT2D eigenvalue weighted by Crippen LogP contribution is -2.34. The summed E-state index contributed by atoms with van der Waals surface area (Å²) in [7, 11) is 0. The Bertz CT molecular complexity index is 159. The summed E-state index contributed by atoms with van der Waals surface area (Å²) in [4.78, 5) is 20.7. The van der Waals surface area contributed by atoms with Crippen LogP contribution in [0.5, 0.6) is 0 Å². The molecule has 0 aliphatic heterocycles. The molecule has 5 heteroatoms. The van der Waals surface area contributed by atoms with E-state index in [-0.39, 0.29) is 18.4 Å². The molecule has 13 heavy (non-hydrogen) atoms. The van der Waals surface area contributed by atoms with Crippen LogP contribution in [0.3, 0.4) is 0 Å². The van der Waals surface area contributed by atoms with E-state index in [0.717, 1.165) is 0 Å². The van der Waals surface area contributed by atoms with Gasteiger partial charge in [0.25, 0.3) is 0 Å². The molecule has 2 N–H and O–H groups in total. The fourth-order valence-corrected chi connectivity index (χ4v) is 0.728. The molecule has 0 aromatic heterocycles. The van der Waals surface area contributed by atoms with Crippen molar-refractivity contribution >= 4 is 5.91 Å². The van der Waals surface area contributed by atoms with E-state index in [1.165, 1.54) is 0 Å². The fraction of sp³-hybridized carbons (Fsp3) is 0.875. The van der Waals surface area contributed by atoms with E-state index in [2.05, 4.69) is 15.8 Å². The topological polar surface area (TPSA) is 70.6 Å². The van der Waals surface area contributed by atoms with Gasteiger partial charge in [-0.15, -0.1) is 0 Å². The van der Waals surface area contributed by atoms with Gasteiger partial charge in [0, 0.05) is 25.6 Å². The third kappa shape index (κ3) is 7.39. The van der Waals surface area contributed by atoms with Gasteiger partial charge in [0.05, 0.1) is 6.54 Å². The predicted molar refractivity (Wildman–Crippen MR) is 51.4 cm³/mol. The summed E-state index contributed by atoms with van der Waals surface area (Å²) in [5.41, 5.74) is 0. The maximum Gasteiger partial charge on any atom is 0.222 e. The summed E-state index contributed by atoms with van der Waals surface area (Å²) < 4.78 is 0. The molecule has 0 heterocycles. The second-order valence-electron chi connectivity index (χ2n) is 3.05. The van der Waals surface area contributed by atoms with Gasteiger partial charge in [-0.05, 0) is 0 Å². The van der Waals surface area contributed by atoms with Crippen LogP contribution in [0.2, 0.25) is 0 Å². The van der Waals surface area contributed by atoms with Crippen LogP contribution in [-0.2, 0) is 4.79 Å². The smallest absolute Gasteiger partial charge is 0.222 e. The molecule has 0 aromatic rings. The number of nitrogens with one attached hydrogen (secondary N) is 2. The average Bonchev–Trinajstić information content (AvgIpc) is 2.10. The zero-order valence-electron chi connectivity index (χ0n) is 8.17. The molecule has 0 fully saturated rings. The lowest BCUT2D eigenvalue weighted by Gasteiger charge is -2.07. The van der Waals surface area contributed by atoms with E-state index in [9.17, 15) is 9.70 Å². The number of nitroso groups, excluding NO2 is 1. The van der Waals surface area contributed by atoms with Gasteiger partial charge in [-0.1, -0.05) is 19.0 Å². The molecule has 5 nitrogen and oxygen atoms in total. The summed E-state index contributed by atoms with van der Waals surface area (Å²) in [6, 6.07) is 0. The van der Waals surface area contributed by atoms with E-state index in [1.54, 1.807) is 0 Å². The van der Waals surface area contributed by atoms with Crippen molar-refractivity contribution in [3.05, 3.63) is 4.91 Å². The van der Waals surface area contributed by atoms with E-state index >= 15 is 0 Å². The van der Waals surface area contributed by atoms with Crippen LogP contribution in [0, 0.1) is 10.8 Å². The van der Waals surface area contributed by atoms with E-state index in [0.29, 0.717) is 19.6 Å². The minimum atomic E-state index is 0.0247. The van der Waals surface area contributed by atoms with Gasteiger partial charge >= 0.3 is 0 Å². The van der Waals surface area contributed by atoms with E-state index in [4.69, 9.17) is 0 Å². The Morgan fingerprint density at radius 2 is 2.00 bits per heavy atom. The molecule has 76 valence electrons. The van der Waals surface area contributed by atoms with Crippen molar-refractivity contribution in [1.29, 1.82) is 0 Å². The average molecular weight is 187 g/mol. The van der Waals surface area contributed by atoms with Gasteiger partial charge in [-0.25, -0.2) is 0 Å². The van der Waals surface area contributed by atoms with Crippen molar-refractivity contribution in [1.82, 2.24) is 10.6 Å². The number of nitrogens with zero attached hydrogens (tertiary/aromatic N) is 1. The Morgan fingerprint density at radius 1 is 1.31 bits per heavy atom. The standard InChI is InChI=1S/C8H17N3O2/c1-7(2)8(12)10-5-3-9-4-6-11-13/h7,9H,3-6H2,1-2H3,(H,10,12). The zero-order valence-corrected chi connectivity index (χ0v) is 8.17. The van der Waals surface area contributed by atoms with E-state index < -0.39 is 0 Å². The molecule has 0 spiro atoms. The molecule has 0 radical (unpaired) electrons. The molecular formula is C8H17N3O2. The summed E-state index contributed by atoms with van der Waals surface area (Å²) in [6.45, 7) is 5.81. The molecule has 0 saturated heterocycles. The summed E-state index contributed by atoms with van der Waals surface area (Å²) in [5.74, 6) is 0.0759. The first kappa shape index (κ1) is 12.0. The Kier molecular flexibility index (Phi) is 7.10. The van der Waals surface area contributed by atoms with Gasteiger partial charge in [0.15, 0.2) is 0 Å². The molecule has 1 amide bonds. The lowest BCUT2D eigenvalue weighted by atomic mass is 10.2. The Morgan fingerprint density at radius 3 is 2.54 bits per heavy atom. The number of carbonyl (C=O) groups excluding carboxylic acids is 1. The summed E-state index contributed by atoms with van der Waals surface area (Å²) in [5, 5.41) is 8.42. The monoisotopic (exact) mass is 187 g/mol. The minimum Gasteiger partial charge on any atom is -0.355 e. The zero-order chi connectivity index (χ0) is 10.1. The highest BCUT2D eigenvalue weighted by molar-refractivity contribution is 5.77. The van der Waals surface area contributed by atoms with Gasteiger partial charge in [-0.2, -0.15) is 4.91 Å². The maximum absolute atomic E-state index is 11.0. The first-order valence-electron chi connectivity index (χ1n) is 4.46. The SMILES string of the molecule is CC(C)C(=O)NCCNCCN=O. The number of rotatable bonds is 7. The molecular weight excluding hydrogens is 170 g/mol. The Labute approximate surface area is 78.2 Å². The highest BCUT2D eigenvalue weighted by Crippen LogP contribution is 1.88. The molecule has 0 saturated carbocycles. The fourth-order valence-electron chi connectivity index (χ4n) is 0.728. The molecule has 0 aliphatic carbocycles. The largest absolute Gasteiger partial charge is 0.355 e. The third-order valence-corrected chi connectivity index (χ3v) is 1.51. The third-order valence-electron chi connectivity index (χ3n) is 1.51. The number of hydrogen-bond acceptors (Lipinski definition) is 4. The number of hydrogen-bond donors (Lipinski definition) is 2. The maximum atomic E-state index is 11.0.